The number of rotatable bonds is 2. The molecule has 1 aromatic rings. The summed E-state index contributed by atoms with van der Waals surface area (Å²) in [6, 6.07) is 0. The first-order valence-corrected chi connectivity index (χ1v) is 5.47. The summed E-state index contributed by atoms with van der Waals surface area (Å²) < 4.78 is 1.46. The minimum atomic E-state index is -0.460. The number of nitrogens with zero attached hydrogens (tertiary/aromatic N) is 3. The van der Waals surface area contributed by atoms with Gasteiger partial charge in [-0.05, 0) is 18.4 Å². The molecule has 2 rings (SSSR count). The van der Waals surface area contributed by atoms with Crippen molar-refractivity contribution < 1.29 is 9.72 Å². The number of carbonyl (C=O) groups excluding carboxylic acids is 1. The summed E-state index contributed by atoms with van der Waals surface area (Å²) in [7, 11) is 1.65. The number of carbonyl (C=O) groups is 1. The number of hydrogen-bond donors (Lipinski definition) is 0. The lowest BCUT2D eigenvalue weighted by molar-refractivity contribution is -0.385. The van der Waals surface area contributed by atoms with Crippen molar-refractivity contribution in [1.29, 1.82) is 0 Å². The molecule has 6 nitrogen and oxygen atoms in total. The smallest absolute Gasteiger partial charge is 0.299 e. The zero-order valence-electron chi connectivity index (χ0n) is 9.55. The summed E-state index contributed by atoms with van der Waals surface area (Å²) >= 11 is 0. The Morgan fingerprint density at radius 3 is 3.00 bits per heavy atom. The monoisotopic (exact) mass is 235 g/mol. The highest BCUT2D eigenvalue weighted by atomic mass is 16.6. The molecule has 0 spiro atoms. The molecule has 17 heavy (non-hydrogen) atoms. The highest BCUT2D eigenvalue weighted by Crippen LogP contribution is 2.30. The summed E-state index contributed by atoms with van der Waals surface area (Å²) in [6.45, 7) is 0. The van der Waals surface area contributed by atoms with Gasteiger partial charge in [0.15, 0.2) is 0 Å². The van der Waals surface area contributed by atoms with Gasteiger partial charge in [0.05, 0.1) is 4.92 Å². The summed E-state index contributed by atoms with van der Waals surface area (Å²) in [5.74, 6) is 0.129. The second kappa shape index (κ2) is 4.48. The molecular weight excluding hydrogens is 222 g/mol. The largest absolute Gasteiger partial charge is 0.314 e. The second-order valence-corrected chi connectivity index (χ2v) is 4.10. The lowest BCUT2D eigenvalue weighted by Crippen LogP contribution is -2.03. The van der Waals surface area contributed by atoms with Gasteiger partial charge < -0.3 is 0 Å². The molecular formula is C11H13N3O3. The number of nitro groups is 1. The number of Topliss-reactive ketones (excluding diaryl/α,β-unsaturated/α-hetero) is 1. The molecule has 0 radical (unpaired) electrons. The van der Waals surface area contributed by atoms with Gasteiger partial charge in [-0.3, -0.25) is 19.6 Å². The van der Waals surface area contributed by atoms with Crippen molar-refractivity contribution in [1.82, 2.24) is 9.78 Å². The van der Waals surface area contributed by atoms with E-state index in [2.05, 4.69) is 5.10 Å². The van der Waals surface area contributed by atoms with Gasteiger partial charge in [0, 0.05) is 19.9 Å². The van der Waals surface area contributed by atoms with Crippen molar-refractivity contribution in [2.45, 2.75) is 25.7 Å². The molecule has 0 amide bonds. The molecule has 0 saturated heterocycles. The highest BCUT2D eigenvalue weighted by molar-refractivity contribution is 5.91. The van der Waals surface area contributed by atoms with Crippen LogP contribution >= 0.6 is 0 Å². The molecule has 6 heteroatoms. The van der Waals surface area contributed by atoms with Gasteiger partial charge in [0.2, 0.25) is 0 Å². The van der Waals surface area contributed by atoms with Gasteiger partial charge in [0.25, 0.3) is 0 Å². The molecule has 1 aliphatic rings. The maximum Gasteiger partial charge on any atom is 0.314 e. The molecule has 0 saturated carbocycles. The first-order chi connectivity index (χ1) is 8.09. The Hall–Kier alpha value is -1.98. The molecule has 0 aromatic carbocycles. The molecule has 1 aliphatic carbocycles. The first-order valence-electron chi connectivity index (χ1n) is 5.47. The van der Waals surface area contributed by atoms with E-state index >= 15 is 0 Å². The first kappa shape index (κ1) is 11.5. The van der Waals surface area contributed by atoms with Crippen LogP contribution in [0.5, 0.6) is 0 Å². The number of ketones is 1. The quantitative estimate of drug-likeness (QED) is 0.579. The fourth-order valence-corrected chi connectivity index (χ4v) is 2.06. The second-order valence-electron chi connectivity index (χ2n) is 4.10. The maximum absolute atomic E-state index is 11.5. The van der Waals surface area contributed by atoms with Crippen LogP contribution in [0.1, 0.15) is 31.4 Å². The molecule has 0 atom stereocenters. The van der Waals surface area contributed by atoms with Crippen LogP contribution < -0.4 is 0 Å². The Labute approximate surface area is 98.1 Å². The minimum absolute atomic E-state index is 0.0338. The molecule has 0 bridgehead atoms. The topological polar surface area (TPSA) is 78.0 Å². The average Bonchev–Trinajstić information content (AvgIpc) is 2.52. The number of allylic oxidation sites excluding steroid dienone is 2. The average molecular weight is 235 g/mol. The molecule has 0 fully saturated rings. The van der Waals surface area contributed by atoms with Gasteiger partial charge in [-0.2, -0.15) is 5.10 Å². The SMILES string of the molecule is Cn1ncc([N+](=O)[O-])c1C1=CCCCC(=O)C1. The van der Waals surface area contributed by atoms with Crippen molar-refractivity contribution >= 4 is 17.0 Å². The van der Waals surface area contributed by atoms with Gasteiger partial charge in [-0.1, -0.05) is 6.08 Å². The third kappa shape index (κ3) is 2.25. The van der Waals surface area contributed by atoms with Crippen LogP contribution in [0.2, 0.25) is 0 Å². The van der Waals surface area contributed by atoms with E-state index < -0.39 is 4.92 Å². The number of aromatic nitrogens is 2. The third-order valence-electron chi connectivity index (χ3n) is 2.86. The Kier molecular flexibility index (Phi) is 3.03. The summed E-state index contributed by atoms with van der Waals surface area (Å²) in [5, 5.41) is 14.8. The summed E-state index contributed by atoms with van der Waals surface area (Å²) in [6.07, 6.45) is 5.55. The van der Waals surface area contributed by atoms with Crippen LogP contribution in [-0.4, -0.2) is 20.5 Å². The van der Waals surface area contributed by atoms with E-state index in [1.165, 1.54) is 10.9 Å². The van der Waals surface area contributed by atoms with Crippen LogP contribution in [-0.2, 0) is 11.8 Å². The Balaban J connectivity index is 2.45. The number of hydrogen-bond acceptors (Lipinski definition) is 4. The van der Waals surface area contributed by atoms with E-state index in [9.17, 15) is 14.9 Å². The van der Waals surface area contributed by atoms with Crippen molar-refractivity contribution in [2.24, 2.45) is 7.05 Å². The standard InChI is InChI=1S/C11H13N3O3/c1-13-11(10(7-12-13)14(16)17)8-4-2-3-5-9(15)6-8/h4,7H,2-3,5-6H2,1H3. The maximum atomic E-state index is 11.5. The predicted octanol–water partition coefficient (Wildman–Crippen LogP) is 1.85. The molecule has 1 heterocycles. The fourth-order valence-electron chi connectivity index (χ4n) is 2.06. The van der Waals surface area contributed by atoms with E-state index in [1.54, 1.807) is 7.05 Å². The molecule has 0 unspecified atom stereocenters. The van der Waals surface area contributed by atoms with Crippen molar-refractivity contribution in [3.63, 3.8) is 0 Å². The van der Waals surface area contributed by atoms with E-state index in [0.717, 1.165) is 18.4 Å². The van der Waals surface area contributed by atoms with Gasteiger partial charge in [-0.25, -0.2) is 0 Å². The zero-order chi connectivity index (χ0) is 12.4. The Bertz CT molecular complexity index is 502. The summed E-state index contributed by atoms with van der Waals surface area (Å²) in [5.41, 5.74) is 1.14. The molecule has 0 aliphatic heterocycles. The predicted molar refractivity (Wildman–Crippen MR) is 61.3 cm³/mol. The number of aryl methyl sites for hydroxylation is 1. The van der Waals surface area contributed by atoms with Gasteiger partial charge in [-0.15, -0.1) is 0 Å². The van der Waals surface area contributed by atoms with Crippen molar-refractivity contribution in [2.75, 3.05) is 0 Å². The normalized spacial score (nSPS) is 16.5. The fraction of sp³-hybridized carbons (Fsp3) is 0.455. The lowest BCUT2D eigenvalue weighted by Gasteiger charge is -2.04. The van der Waals surface area contributed by atoms with E-state index in [-0.39, 0.29) is 17.9 Å². The van der Waals surface area contributed by atoms with E-state index in [1.807, 2.05) is 6.08 Å². The van der Waals surface area contributed by atoms with Gasteiger partial charge >= 0.3 is 5.69 Å². The molecule has 90 valence electrons. The van der Waals surface area contributed by atoms with Crippen LogP contribution in [0.15, 0.2) is 12.3 Å². The lowest BCUT2D eigenvalue weighted by atomic mass is 10.1. The van der Waals surface area contributed by atoms with Crippen LogP contribution in [0.25, 0.3) is 5.57 Å². The van der Waals surface area contributed by atoms with E-state index in [4.69, 9.17) is 0 Å². The van der Waals surface area contributed by atoms with E-state index in [0.29, 0.717) is 12.1 Å². The highest BCUT2D eigenvalue weighted by Gasteiger charge is 2.24. The zero-order valence-corrected chi connectivity index (χ0v) is 9.55. The van der Waals surface area contributed by atoms with Crippen LogP contribution in [0.4, 0.5) is 5.69 Å². The Morgan fingerprint density at radius 1 is 1.53 bits per heavy atom. The Morgan fingerprint density at radius 2 is 2.29 bits per heavy atom. The molecule has 0 N–H and O–H groups in total. The summed E-state index contributed by atoms with van der Waals surface area (Å²) in [4.78, 5) is 22.0. The van der Waals surface area contributed by atoms with Crippen molar-refractivity contribution in [3.05, 3.63) is 28.1 Å². The van der Waals surface area contributed by atoms with Crippen molar-refractivity contribution in [3.8, 4) is 0 Å². The van der Waals surface area contributed by atoms with Crippen LogP contribution in [0, 0.1) is 10.1 Å². The third-order valence-corrected chi connectivity index (χ3v) is 2.86. The van der Waals surface area contributed by atoms with Gasteiger partial charge in [0.1, 0.15) is 17.7 Å². The minimum Gasteiger partial charge on any atom is -0.299 e. The van der Waals surface area contributed by atoms with Crippen LogP contribution in [0.3, 0.4) is 0 Å². The molecule has 1 aromatic heterocycles.